The molecule has 120 valence electrons. The van der Waals surface area contributed by atoms with E-state index in [1.165, 1.54) is 0 Å². The van der Waals surface area contributed by atoms with E-state index in [-0.39, 0.29) is 23.3 Å². The van der Waals surface area contributed by atoms with Gasteiger partial charge in [-0.15, -0.1) is 0 Å². The van der Waals surface area contributed by atoms with Gasteiger partial charge in [0.25, 0.3) is 0 Å². The Kier molecular flexibility index (Phi) is 5.62. The van der Waals surface area contributed by atoms with E-state index in [2.05, 4.69) is 12.2 Å². The number of piperidine rings is 1. The molecule has 2 amide bonds. The predicted molar refractivity (Wildman–Crippen MR) is 82.6 cm³/mol. The molecule has 1 aliphatic carbocycles. The van der Waals surface area contributed by atoms with Gasteiger partial charge in [-0.25, -0.2) is 0 Å². The zero-order valence-corrected chi connectivity index (χ0v) is 13.2. The topological polar surface area (TPSA) is 75.4 Å². The Morgan fingerprint density at radius 2 is 1.95 bits per heavy atom. The summed E-state index contributed by atoms with van der Waals surface area (Å²) in [7, 11) is 0. The summed E-state index contributed by atoms with van der Waals surface area (Å²) in [5.41, 5.74) is 5.90. The average Bonchev–Trinajstić information content (AvgIpc) is 2.46. The molecule has 0 aromatic heterocycles. The van der Waals surface area contributed by atoms with Gasteiger partial charge in [0.05, 0.1) is 0 Å². The molecule has 1 heterocycles. The molecule has 3 N–H and O–H groups in total. The largest absolute Gasteiger partial charge is 0.356 e. The van der Waals surface area contributed by atoms with Crippen LogP contribution >= 0.6 is 0 Å². The molecule has 21 heavy (non-hydrogen) atoms. The van der Waals surface area contributed by atoms with Crippen LogP contribution in [0, 0.1) is 5.92 Å². The van der Waals surface area contributed by atoms with Crippen LogP contribution in [0.3, 0.4) is 0 Å². The summed E-state index contributed by atoms with van der Waals surface area (Å²) in [6, 6.07) is 0. The number of unbranched alkanes of at least 4 members (excludes halogenated alkanes) is 1. The molecule has 0 aromatic carbocycles. The van der Waals surface area contributed by atoms with Gasteiger partial charge < -0.3 is 16.0 Å². The summed E-state index contributed by atoms with van der Waals surface area (Å²) < 4.78 is 0. The number of hydrogen-bond acceptors (Lipinski definition) is 3. The molecule has 2 rings (SSSR count). The van der Waals surface area contributed by atoms with Crippen LogP contribution in [0.4, 0.5) is 0 Å². The summed E-state index contributed by atoms with van der Waals surface area (Å²) in [5, 5.41) is 2.99. The molecular weight excluding hydrogens is 266 g/mol. The standard InChI is InChI=1S/C16H29N3O2/c1-2-3-9-18-15(21)13-5-10-19(11-6-13)14(20)12-16(17)7-4-8-16/h13H,2-12,17H2,1H3,(H,18,21). The SMILES string of the molecule is CCCCNC(=O)C1CCN(C(=O)CC2(N)CCC2)CC1. The molecule has 0 unspecified atom stereocenters. The van der Waals surface area contributed by atoms with Gasteiger partial charge in [-0.2, -0.15) is 0 Å². The van der Waals surface area contributed by atoms with Crippen molar-refractivity contribution in [3.05, 3.63) is 0 Å². The molecule has 1 saturated heterocycles. The smallest absolute Gasteiger partial charge is 0.224 e. The first-order valence-electron chi connectivity index (χ1n) is 8.38. The Hall–Kier alpha value is -1.10. The summed E-state index contributed by atoms with van der Waals surface area (Å²) in [6.07, 6.45) is 7.23. The Bertz CT molecular complexity index is 372. The molecule has 2 fully saturated rings. The zero-order chi connectivity index (χ0) is 15.3. The van der Waals surface area contributed by atoms with Gasteiger partial charge in [-0.05, 0) is 38.5 Å². The minimum absolute atomic E-state index is 0.0708. The highest BCUT2D eigenvalue weighted by atomic mass is 16.2. The molecular formula is C16H29N3O2. The summed E-state index contributed by atoms with van der Waals surface area (Å²) in [5.74, 6) is 0.397. The summed E-state index contributed by atoms with van der Waals surface area (Å²) in [6.45, 7) is 4.27. The van der Waals surface area contributed by atoms with Crippen molar-refractivity contribution in [3.63, 3.8) is 0 Å². The molecule has 0 spiro atoms. The number of amides is 2. The van der Waals surface area contributed by atoms with E-state index < -0.39 is 0 Å². The highest BCUT2D eigenvalue weighted by Crippen LogP contribution is 2.33. The second-order valence-corrected chi connectivity index (χ2v) is 6.69. The number of carbonyl (C=O) groups excluding carboxylic acids is 2. The maximum atomic E-state index is 12.2. The third kappa shape index (κ3) is 4.43. The Labute approximate surface area is 127 Å². The van der Waals surface area contributed by atoms with Crippen LogP contribution in [0.2, 0.25) is 0 Å². The van der Waals surface area contributed by atoms with Gasteiger partial charge in [-0.3, -0.25) is 9.59 Å². The number of hydrogen-bond donors (Lipinski definition) is 2. The lowest BCUT2D eigenvalue weighted by atomic mass is 9.75. The zero-order valence-electron chi connectivity index (χ0n) is 13.2. The van der Waals surface area contributed by atoms with Crippen LogP contribution in [-0.4, -0.2) is 41.9 Å². The van der Waals surface area contributed by atoms with E-state index >= 15 is 0 Å². The van der Waals surface area contributed by atoms with Crippen molar-refractivity contribution in [2.24, 2.45) is 11.7 Å². The van der Waals surface area contributed by atoms with Crippen molar-refractivity contribution in [2.45, 2.75) is 63.8 Å². The molecule has 0 atom stereocenters. The van der Waals surface area contributed by atoms with E-state index in [0.29, 0.717) is 19.5 Å². The number of likely N-dealkylation sites (tertiary alicyclic amines) is 1. The first-order chi connectivity index (χ1) is 10.0. The number of carbonyl (C=O) groups is 2. The Morgan fingerprint density at radius 3 is 2.48 bits per heavy atom. The lowest BCUT2D eigenvalue weighted by Gasteiger charge is -2.40. The highest BCUT2D eigenvalue weighted by molar-refractivity contribution is 5.80. The highest BCUT2D eigenvalue weighted by Gasteiger charge is 2.37. The van der Waals surface area contributed by atoms with Crippen LogP contribution in [0.1, 0.15) is 58.3 Å². The molecule has 0 radical (unpaired) electrons. The summed E-state index contributed by atoms with van der Waals surface area (Å²) in [4.78, 5) is 26.1. The fourth-order valence-corrected chi connectivity index (χ4v) is 3.14. The van der Waals surface area contributed by atoms with Crippen molar-refractivity contribution >= 4 is 11.8 Å². The van der Waals surface area contributed by atoms with Crippen LogP contribution < -0.4 is 11.1 Å². The first-order valence-corrected chi connectivity index (χ1v) is 8.38. The maximum absolute atomic E-state index is 12.2. The lowest BCUT2D eigenvalue weighted by molar-refractivity contribution is -0.137. The van der Waals surface area contributed by atoms with E-state index in [1.54, 1.807) is 0 Å². The molecule has 5 nitrogen and oxygen atoms in total. The van der Waals surface area contributed by atoms with Crippen LogP contribution in [0.25, 0.3) is 0 Å². The van der Waals surface area contributed by atoms with E-state index in [0.717, 1.165) is 51.5 Å². The van der Waals surface area contributed by atoms with Gasteiger partial charge >= 0.3 is 0 Å². The van der Waals surface area contributed by atoms with Crippen molar-refractivity contribution in [2.75, 3.05) is 19.6 Å². The number of nitrogens with zero attached hydrogens (tertiary/aromatic N) is 1. The van der Waals surface area contributed by atoms with Gasteiger partial charge in [0, 0.05) is 37.5 Å². The fourth-order valence-electron chi connectivity index (χ4n) is 3.14. The summed E-state index contributed by atoms with van der Waals surface area (Å²) >= 11 is 0. The third-order valence-corrected chi connectivity index (χ3v) is 4.90. The van der Waals surface area contributed by atoms with Gasteiger partial charge in [-0.1, -0.05) is 13.3 Å². The van der Waals surface area contributed by atoms with Crippen LogP contribution in [-0.2, 0) is 9.59 Å². The molecule has 1 saturated carbocycles. The fraction of sp³-hybridized carbons (Fsp3) is 0.875. The van der Waals surface area contributed by atoms with Crippen molar-refractivity contribution in [1.29, 1.82) is 0 Å². The van der Waals surface area contributed by atoms with Crippen molar-refractivity contribution in [1.82, 2.24) is 10.2 Å². The lowest BCUT2D eigenvalue weighted by Crippen LogP contribution is -2.52. The molecule has 1 aliphatic heterocycles. The predicted octanol–water partition coefficient (Wildman–Crippen LogP) is 1.41. The van der Waals surface area contributed by atoms with Gasteiger partial charge in [0.2, 0.25) is 11.8 Å². The average molecular weight is 295 g/mol. The number of nitrogens with two attached hydrogens (primary N) is 1. The minimum atomic E-state index is -0.245. The quantitative estimate of drug-likeness (QED) is 0.728. The Balaban J connectivity index is 1.70. The van der Waals surface area contributed by atoms with Gasteiger partial charge in [0.1, 0.15) is 0 Å². The minimum Gasteiger partial charge on any atom is -0.356 e. The monoisotopic (exact) mass is 295 g/mol. The van der Waals surface area contributed by atoms with E-state index in [1.807, 2.05) is 4.90 Å². The second kappa shape index (κ2) is 7.25. The van der Waals surface area contributed by atoms with Gasteiger partial charge in [0.15, 0.2) is 0 Å². The van der Waals surface area contributed by atoms with E-state index in [4.69, 9.17) is 5.73 Å². The molecule has 0 aromatic rings. The maximum Gasteiger partial charge on any atom is 0.224 e. The number of nitrogens with one attached hydrogen (secondary N) is 1. The molecule has 0 bridgehead atoms. The van der Waals surface area contributed by atoms with E-state index in [9.17, 15) is 9.59 Å². The second-order valence-electron chi connectivity index (χ2n) is 6.69. The third-order valence-electron chi connectivity index (χ3n) is 4.90. The van der Waals surface area contributed by atoms with Crippen molar-refractivity contribution < 1.29 is 9.59 Å². The molecule has 2 aliphatic rings. The first kappa shape index (κ1) is 16.3. The van der Waals surface area contributed by atoms with Crippen LogP contribution in [0.15, 0.2) is 0 Å². The van der Waals surface area contributed by atoms with Crippen molar-refractivity contribution in [3.8, 4) is 0 Å². The number of rotatable bonds is 6. The molecule has 5 heteroatoms. The Morgan fingerprint density at radius 1 is 1.29 bits per heavy atom. The van der Waals surface area contributed by atoms with Crippen LogP contribution in [0.5, 0.6) is 0 Å². The normalized spacial score (nSPS) is 21.7.